The maximum absolute atomic E-state index is 12.7. The molecule has 1 aromatic rings. The van der Waals surface area contributed by atoms with Crippen LogP contribution in [0, 0.1) is 29.6 Å². The van der Waals surface area contributed by atoms with E-state index in [2.05, 4.69) is 10.6 Å². The number of fused-ring (bicyclic) bond motifs is 2. The number of carbonyl (C=O) groups is 3. The molecule has 1 saturated carbocycles. The van der Waals surface area contributed by atoms with Crippen LogP contribution in [0.2, 0.25) is 0 Å². The summed E-state index contributed by atoms with van der Waals surface area (Å²) >= 11 is 0. The number of hydrogen-bond donors (Lipinski definition) is 3. The molecule has 6 nitrogen and oxygen atoms in total. The van der Waals surface area contributed by atoms with Crippen molar-refractivity contribution in [1.29, 1.82) is 0 Å². The summed E-state index contributed by atoms with van der Waals surface area (Å²) in [5.74, 6) is -2.75. The van der Waals surface area contributed by atoms with Gasteiger partial charge in [-0.2, -0.15) is 0 Å². The van der Waals surface area contributed by atoms with Gasteiger partial charge in [0, 0.05) is 17.3 Å². The average molecular weight is 342 g/mol. The summed E-state index contributed by atoms with van der Waals surface area (Å²) in [4.78, 5) is 36.0. The Morgan fingerprint density at radius 1 is 1.04 bits per heavy atom. The zero-order chi connectivity index (χ0) is 18.1. The minimum Gasteiger partial charge on any atom is -0.481 e. The van der Waals surface area contributed by atoms with Crippen LogP contribution in [0.25, 0.3) is 0 Å². The van der Waals surface area contributed by atoms with Gasteiger partial charge >= 0.3 is 5.97 Å². The quantitative estimate of drug-likeness (QED) is 0.717. The predicted octanol–water partition coefficient (Wildman–Crippen LogP) is 2.74. The number of hydrogen-bond acceptors (Lipinski definition) is 3. The zero-order valence-electron chi connectivity index (χ0n) is 14.2. The molecule has 3 rings (SSSR count). The molecular weight excluding hydrogens is 320 g/mol. The molecule has 0 saturated heterocycles. The van der Waals surface area contributed by atoms with Crippen molar-refractivity contribution < 1.29 is 19.5 Å². The van der Waals surface area contributed by atoms with Crippen molar-refractivity contribution in [2.75, 3.05) is 10.6 Å². The Balaban J connectivity index is 1.72. The second-order valence-electron chi connectivity index (χ2n) is 7.05. The summed E-state index contributed by atoms with van der Waals surface area (Å²) < 4.78 is 0. The van der Waals surface area contributed by atoms with E-state index in [-0.39, 0.29) is 29.6 Å². The van der Waals surface area contributed by atoms with E-state index < -0.39 is 17.8 Å². The fourth-order valence-electron chi connectivity index (χ4n) is 3.70. The normalized spacial score (nSPS) is 26.7. The molecule has 0 radical (unpaired) electrons. The molecule has 6 heteroatoms. The number of carboxylic acids is 1. The number of amides is 2. The topological polar surface area (TPSA) is 95.5 Å². The summed E-state index contributed by atoms with van der Waals surface area (Å²) in [6.07, 6.45) is 4.59. The number of carboxylic acid groups (broad SMARTS) is 1. The van der Waals surface area contributed by atoms with Gasteiger partial charge < -0.3 is 15.7 Å². The molecule has 25 heavy (non-hydrogen) atoms. The first kappa shape index (κ1) is 17.2. The Hall–Kier alpha value is -2.63. The van der Waals surface area contributed by atoms with E-state index in [1.165, 1.54) is 0 Å². The number of rotatable bonds is 5. The van der Waals surface area contributed by atoms with E-state index in [1.807, 2.05) is 12.2 Å². The molecule has 2 aliphatic carbocycles. The number of allylic oxidation sites excluding steroid dienone is 2. The van der Waals surface area contributed by atoms with Crippen molar-refractivity contribution in [2.24, 2.45) is 29.6 Å². The highest BCUT2D eigenvalue weighted by molar-refractivity contribution is 5.97. The Labute approximate surface area is 146 Å². The van der Waals surface area contributed by atoms with Crippen LogP contribution in [0.1, 0.15) is 20.3 Å². The Morgan fingerprint density at radius 3 is 2.24 bits per heavy atom. The molecule has 0 spiro atoms. The van der Waals surface area contributed by atoms with Gasteiger partial charge in [-0.25, -0.2) is 0 Å². The second-order valence-corrected chi connectivity index (χ2v) is 7.05. The fourth-order valence-corrected chi connectivity index (χ4v) is 3.70. The van der Waals surface area contributed by atoms with Crippen molar-refractivity contribution in [3.05, 3.63) is 36.4 Å². The van der Waals surface area contributed by atoms with Crippen LogP contribution in [0.4, 0.5) is 11.4 Å². The highest BCUT2D eigenvalue weighted by Gasteiger charge is 2.51. The maximum atomic E-state index is 12.7. The monoisotopic (exact) mass is 342 g/mol. The van der Waals surface area contributed by atoms with Crippen LogP contribution in [0.3, 0.4) is 0 Å². The van der Waals surface area contributed by atoms with E-state index >= 15 is 0 Å². The molecule has 2 amide bonds. The molecule has 2 aliphatic rings. The largest absolute Gasteiger partial charge is 0.481 e. The van der Waals surface area contributed by atoms with E-state index in [0.29, 0.717) is 11.4 Å². The zero-order valence-corrected chi connectivity index (χ0v) is 14.2. The van der Waals surface area contributed by atoms with Crippen LogP contribution < -0.4 is 10.6 Å². The first-order chi connectivity index (χ1) is 11.9. The van der Waals surface area contributed by atoms with Gasteiger partial charge in [0.15, 0.2) is 0 Å². The first-order valence-electron chi connectivity index (χ1n) is 8.49. The molecule has 0 unspecified atom stereocenters. The smallest absolute Gasteiger partial charge is 0.307 e. The van der Waals surface area contributed by atoms with Crippen molar-refractivity contribution in [2.45, 2.75) is 20.3 Å². The third-order valence-corrected chi connectivity index (χ3v) is 4.97. The number of carbonyl (C=O) groups excluding carboxylic acids is 2. The van der Waals surface area contributed by atoms with Gasteiger partial charge in [-0.1, -0.05) is 32.1 Å². The Bertz CT molecular complexity index is 741. The SMILES string of the molecule is CC(C)C(=O)Nc1cccc(NC(=O)[C@@H]2[C@H](C(=O)O)[C@H]3C=C[C@H]2C3)c1. The Kier molecular flexibility index (Phi) is 4.61. The van der Waals surface area contributed by atoms with Gasteiger partial charge in [-0.3, -0.25) is 14.4 Å². The average Bonchev–Trinajstić information content (AvgIpc) is 3.15. The van der Waals surface area contributed by atoms with Gasteiger partial charge in [0.1, 0.15) is 0 Å². The minimum atomic E-state index is -0.921. The lowest BCUT2D eigenvalue weighted by Crippen LogP contribution is -2.36. The summed E-state index contributed by atoms with van der Waals surface area (Å²) in [6, 6.07) is 6.88. The van der Waals surface area contributed by atoms with E-state index in [0.717, 1.165) is 6.42 Å². The predicted molar refractivity (Wildman–Crippen MR) is 93.9 cm³/mol. The van der Waals surface area contributed by atoms with Crippen LogP contribution in [-0.2, 0) is 14.4 Å². The van der Waals surface area contributed by atoms with Crippen molar-refractivity contribution in [3.8, 4) is 0 Å². The molecule has 2 bridgehead atoms. The van der Waals surface area contributed by atoms with Crippen molar-refractivity contribution in [1.82, 2.24) is 0 Å². The van der Waals surface area contributed by atoms with E-state index in [9.17, 15) is 19.5 Å². The summed E-state index contributed by atoms with van der Waals surface area (Å²) in [7, 11) is 0. The highest BCUT2D eigenvalue weighted by Crippen LogP contribution is 2.48. The van der Waals surface area contributed by atoms with Crippen LogP contribution in [-0.4, -0.2) is 22.9 Å². The summed E-state index contributed by atoms with van der Waals surface area (Å²) in [5, 5.41) is 15.0. The second kappa shape index (κ2) is 6.70. The summed E-state index contributed by atoms with van der Waals surface area (Å²) in [5.41, 5.74) is 1.14. The molecule has 1 fully saturated rings. The molecule has 0 aromatic heterocycles. The fraction of sp³-hybridized carbons (Fsp3) is 0.421. The lowest BCUT2D eigenvalue weighted by Gasteiger charge is -2.24. The molecular formula is C19H22N2O4. The van der Waals surface area contributed by atoms with Gasteiger partial charge in [0.05, 0.1) is 11.8 Å². The van der Waals surface area contributed by atoms with Gasteiger partial charge in [0.25, 0.3) is 0 Å². The molecule has 0 aliphatic heterocycles. The number of benzene rings is 1. The van der Waals surface area contributed by atoms with Crippen LogP contribution >= 0.6 is 0 Å². The molecule has 1 aromatic carbocycles. The summed E-state index contributed by atoms with van der Waals surface area (Å²) in [6.45, 7) is 3.60. The highest BCUT2D eigenvalue weighted by atomic mass is 16.4. The van der Waals surface area contributed by atoms with Gasteiger partial charge in [0.2, 0.25) is 11.8 Å². The lowest BCUT2D eigenvalue weighted by molar-refractivity contribution is -0.146. The number of aliphatic carboxylic acids is 1. The maximum Gasteiger partial charge on any atom is 0.307 e. The lowest BCUT2D eigenvalue weighted by atomic mass is 9.82. The van der Waals surface area contributed by atoms with Gasteiger partial charge in [-0.05, 0) is 36.5 Å². The van der Waals surface area contributed by atoms with E-state index in [1.54, 1.807) is 38.1 Å². The molecule has 4 atom stereocenters. The van der Waals surface area contributed by atoms with Crippen molar-refractivity contribution in [3.63, 3.8) is 0 Å². The van der Waals surface area contributed by atoms with Crippen LogP contribution in [0.15, 0.2) is 36.4 Å². The third kappa shape index (κ3) is 3.43. The van der Waals surface area contributed by atoms with Gasteiger partial charge in [-0.15, -0.1) is 0 Å². The number of anilines is 2. The Morgan fingerprint density at radius 2 is 1.64 bits per heavy atom. The molecule has 0 heterocycles. The van der Waals surface area contributed by atoms with Crippen molar-refractivity contribution >= 4 is 29.2 Å². The molecule has 132 valence electrons. The third-order valence-electron chi connectivity index (χ3n) is 4.97. The van der Waals surface area contributed by atoms with E-state index in [4.69, 9.17) is 0 Å². The molecule has 3 N–H and O–H groups in total. The van der Waals surface area contributed by atoms with Crippen LogP contribution in [0.5, 0.6) is 0 Å². The minimum absolute atomic E-state index is 0.0186. The number of nitrogens with one attached hydrogen (secondary N) is 2. The standard InChI is InChI=1S/C19H22N2O4/c1-10(2)17(22)20-13-4-3-5-14(9-13)21-18(23)15-11-6-7-12(8-11)16(15)19(24)25/h3-7,9-12,15-16H,8H2,1-2H3,(H,20,22)(H,21,23)(H,24,25)/t11-,12-,15-,16+/m0/s1. The first-order valence-corrected chi connectivity index (χ1v) is 8.49.